The SMILES string of the molecule is CC=CC=CC(=O)N(C)CC1CCCN1. The lowest BCUT2D eigenvalue weighted by molar-refractivity contribution is -0.125. The van der Waals surface area contributed by atoms with E-state index in [-0.39, 0.29) is 5.91 Å². The normalized spacial score (nSPS) is 21.6. The first-order valence-corrected chi connectivity index (χ1v) is 5.52. The molecule has 1 atom stereocenters. The molecule has 1 unspecified atom stereocenters. The van der Waals surface area contributed by atoms with Crippen LogP contribution in [0.3, 0.4) is 0 Å². The van der Waals surface area contributed by atoms with Gasteiger partial charge in [-0.1, -0.05) is 18.2 Å². The van der Waals surface area contributed by atoms with E-state index in [1.807, 2.05) is 26.1 Å². The van der Waals surface area contributed by atoms with Gasteiger partial charge >= 0.3 is 0 Å². The van der Waals surface area contributed by atoms with Crippen molar-refractivity contribution >= 4 is 5.91 Å². The Bertz CT molecular complexity index is 252. The number of amides is 1. The number of carbonyl (C=O) groups is 1. The van der Waals surface area contributed by atoms with Crippen molar-refractivity contribution in [2.45, 2.75) is 25.8 Å². The summed E-state index contributed by atoms with van der Waals surface area (Å²) in [6.07, 6.45) is 9.55. The van der Waals surface area contributed by atoms with Crippen LogP contribution in [-0.4, -0.2) is 37.0 Å². The predicted octanol–water partition coefficient (Wildman–Crippen LogP) is 1.33. The maximum absolute atomic E-state index is 11.6. The van der Waals surface area contributed by atoms with Gasteiger partial charge in [0.25, 0.3) is 0 Å². The summed E-state index contributed by atoms with van der Waals surface area (Å²) in [6.45, 7) is 3.82. The topological polar surface area (TPSA) is 32.3 Å². The van der Waals surface area contributed by atoms with Crippen LogP contribution < -0.4 is 5.32 Å². The first kappa shape index (κ1) is 12.0. The van der Waals surface area contributed by atoms with Crippen molar-refractivity contribution in [3.8, 4) is 0 Å². The summed E-state index contributed by atoms with van der Waals surface area (Å²) >= 11 is 0. The third-order valence-corrected chi connectivity index (χ3v) is 2.58. The van der Waals surface area contributed by atoms with Gasteiger partial charge in [-0.25, -0.2) is 0 Å². The average Bonchev–Trinajstić information content (AvgIpc) is 2.70. The highest BCUT2D eigenvalue weighted by Gasteiger charge is 2.17. The van der Waals surface area contributed by atoms with E-state index >= 15 is 0 Å². The summed E-state index contributed by atoms with van der Waals surface area (Å²) in [6, 6.07) is 0.481. The van der Waals surface area contributed by atoms with Crippen molar-refractivity contribution in [1.82, 2.24) is 10.2 Å². The van der Waals surface area contributed by atoms with Gasteiger partial charge in [0.2, 0.25) is 5.91 Å². The average molecular weight is 208 g/mol. The first-order chi connectivity index (χ1) is 7.24. The number of hydrogen-bond donors (Lipinski definition) is 1. The molecule has 0 aromatic heterocycles. The Balaban J connectivity index is 2.31. The molecule has 1 rings (SSSR count). The minimum absolute atomic E-state index is 0.0711. The molecule has 0 aromatic carbocycles. The van der Waals surface area contributed by atoms with E-state index in [2.05, 4.69) is 5.32 Å². The molecule has 0 aliphatic carbocycles. The van der Waals surface area contributed by atoms with Crippen molar-refractivity contribution in [3.63, 3.8) is 0 Å². The Kier molecular flexibility index (Phi) is 5.12. The van der Waals surface area contributed by atoms with Crippen LogP contribution in [0.4, 0.5) is 0 Å². The number of likely N-dealkylation sites (N-methyl/N-ethyl adjacent to an activating group) is 1. The molecule has 1 aliphatic heterocycles. The molecule has 1 N–H and O–H groups in total. The van der Waals surface area contributed by atoms with E-state index in [9.17, 15) is 4.79 Å². The molecule has 3 nitrogen and oxygen atoms in total. The maximum atomic E-state index is 11.6. The molecule has 15 heavy (non-hydrogen) atoms. The summed E-state index contributed by atoms with van der Waals surface area (Å²) < 4.78 is 0. The molecule has 0 radical (unpaired) electrons. The summed E-state index contributed by atoms with van der Waals surface area (Å²) in [5.74, 6) is 0.0711. The van der Waals surface area contributed by atoms with Crippen LogP contribution in [0, 0.1) is 0 Å². The van der Waals surface area contributed by atoms with Crippen molar-refractivity contribution in [2.75, 3.05) is 20.1 Å². The Morgan fingerprint density at radius 2 is 2.33 bits per heavy atom. The molecule has 1 heterocycles. The van der Waals surface area contributed by atoms with Gasteiger partial charge in [-0.3, -0.25) is 4.79 Å². The number of nitrogens with zero attached hydrogens (tertiary/aromatic N) is 1. The lowest BCUT2D eigenvalue weighted by Crippen LogP contribution is -2.37. The highest BCUT2D eigenvalue weighted by atomic mass is 16.2. The molecule has 0 aromatic rings. The first-order valence-electron chi connectivity index (χ1n) is 5.52. The zero-order valence-electron chi connectivity index (χ0n) is 9.57. The minimum Gasteiger partial charge on any atom is -0.341 e. The van der Waals surface area contributed by atoms with Crippen LogP contribution >= 0.6 is 0 Å². The second-order valence-electron chi connectivity index (χ2n) is 3.90. The minimum atomic E-state index is 0.0711. The molecule has 0 spiro atoms. The van der Waals surface area contributed by atoms with Crippen molar-refractivity contribution in [3.05, 3.63) is 24.3 Å². The fourth-order valence-electron chi connectivity index (χ4n) is 1.71. The Hall–Kier alpha value is -1.09. The van der Waals surface area contributed by atoms with Crippen LogP contribution in [0.2, 0.25) is 0 Å². The second-order valence-corrected chi connectivity index (χ2v) is 3.90. The van der Waals surface area contributed by atoms with Crippen LogP contribution in [0.5, 0.6) is 0 Å². The summed E-state index contributed by atoms with van der Waals surface area (Å²) in [5.41, 5.74) is 0. The molecule has 1 saturated heterocycles. The summed E-state index contributed by atoms with van der Waals surface area (Å²) in [4.78, 5) is 13.3. The van der Waals surface area contributed by atoms with Crippen LogP contribution in [0.15, 0.2) is 24.3 Å². The lowest BCUT2D eigenvalue weighted by Gasteiger charge is -2.19. The fourth-order valence-corrected chi connectivity index (χ4v) is 1.71. The van der Waals surface area contributed by atoms with Crippen molar-refractivity contribution in [2.24, 2.45) is 0 Å². The smallest absolute Gasteiger partial charge is 0.246 e. The predicted molar refractivity (Wildman–Crippen MR) is 62.6 cm³/mol. The second kappa shape index (κ2) is 6.40. The van der Waals surface area contributed by atoms with Crippen LogP contribution in [-0.2, 0) is 4.79 Å². The van der Waals surface area contributed by atoms with Crippen LogP contribution in [0.1, 0.15) is 19.8 Å². The van der Waals surface area contributed by atoms with E-state index in [1.165, 1.54) is 12.8 Å². The Morgan fingerprint density at radius 1 is 1.53 bits per heavy atom. The number of carbonyl (C=O) groups excluding carboxylic acids is 1. The molecule has 1 fully saturated rings. The highest BCUT2D eigenvalue weighted by molar-refractivity contribution is 5.87. The molecular weight excluding hydrogens is 188 g/mol. The summed E-state index contributed by atoms with van der Waals surface area (Å²) in [5, 5.41) is 3.38. The molecule has 0 bridgehead atoms. The molecule has 1 amide bonds. The number of rotatable bonds is 4. The number of allylic oxidation sites excluding steroid dienone is 3. The lowest BCUT2D eigenvalue weighted by atomic mass is 10.2. The maximum Gasteiger partial charge on any atom is 0.246 e. The zero-order chi connectivity index (χ0) is 11.1. The number of hydrogen-bond acceptors (Lipinski definition) is 2. The summed E-state index contributed by atoms with van der Waals surface area (Å²) in [7, 11) is 1.85. The fraction of sp³-hybridized carbons (Fsp3) is 0.583. The van der Waals surface area contributed by atoms with Gasteiger partial charge in [-0.2, -0.15) is 0 Å². The van der Waals surface area contributed by atoms with E-state index in [0.717, 1.165) is 13.1 Å². The molecule has 0 saturated carbocycles. The van der Waals surface area contributed by atoms with Gasteiger partial charge in [0.05, 0.1) is 0 Å². The van der Waals surface area contributed by atoms with E-state index in [1.54, 1.807) is 17.1 Å². The van der Waals surface area contributed by atoms with Gasteiger partial charge < -0.3 is 10.2 Å². The monoisotopic (exact) mass is 208 g/mol. The zero-order valence-corrected chi connectivity index (χ0v) is 9.57. The van der Waals surface area contributed by atoms with Gasteiger partial charge in [-0.05, 0) is 26.3 Å². The Morgan fingerprint density at radius 3 is 2.93 bits per heavy atom. The molecular formula is C12H20N2O. The standard InChI is InChI=1S/C12H20N2O/c1-3-4-5-8-12(15)14(2)10-11-7-6-9-13-11/h3-5,8,11,13H,6-7,9-10H2,1-2H3. The largest absolute Gasteiger partial charge is 0.341 e. The van der Waals surface area contributed by atoms with Gasteiger partial charge in [0, 0.05) is 25.7 Å². The van der Waals surface area contributed by atoms with E-state index < -0.39 is 0 Å². The van der Waals surface area contributed by atoms with Gasteiger partial charge in [-0.15, -0.1) is 0 Å². The molecule has 3 heteroatoms. The highest BCUT2D eigenvalue weighted by Crippen LogP contribution is 2.06. The number of nitrogens with one attached hydrogen (secondary N) is 1. The van der Waals surface area contributed by atoms with E-state index in [0.29, 0.717) is 6.04 Å². The van der Waals surface area contributed by atoms with Crippen LogP contribution in [0.25, 0.3) is 0 Å². The van der Waals surface area contributed by atoms with Gasteiger partial charge in [0.15, 0.2) is 0 Å². The molecule has 1 aliphatic rings. The third-order valence-electron chi connectivity index (χ3n) is 2.58. The van der Waals surface area contributed by atoms with E-state index in [4.69, 9.17) is 0 Å². The quantitative estimate of drug-likeness (QED) is 0.558. The van der Waals surface area contributed by atoms with Gasteiger partial charge in [0.1, 0.15) is 0 Å². The third kappa shape index (κ3) is 4.30. The molecule has 84 valence electrons. The Labute approximate surface area is 91.8 Å². The van der Waals surface area contributed by atoms with Crippen molar-refractivity contribution < 1.29 is 4.79 Å². The van der Waals surface area contributed by atoms with Crippen molar-refractivity contribution in [1.29, 1.82) is 0 Å².